The zero-order chi connectivity index (χ0) is 16.8. The molecule has 0 radical (unpaired) electrons. The highest BCUT2D eigenvalue weighted by Crippen LogP contribution is 2.25. The number of hydrogen-bond acceptors (Lipinski definition) is 3. The lowest BCUT2D eigenvalue weighted by Gasteiger charge is -2.13. The van der Waals surface area contributed by atoms with Crippen molar-refractivity contribution in [2.45, 2.75) is 32.4 Å². The van der Waals surface area contributed by atoms with E-state index < -0.39 is 6.10 Å². The molecule has 124 valence electrons. The smallest absolute Gasteiger partial charge is 0.127 e. The second-order valence-electron chi connectivity index (χ2n) is 5.81. The topological polar surface area (TPSA) is 47.3 Å². The van der Waals surface area contributed by atoms with Crippen LogP contribution in [-0.4, -0.2) is 14.7 Å². The maximum absolute atomic E-state index is 10.3. The first-order valence-electron chi connectivity index (χ1n) is 8.21. The van der Waals surface area contributed by atoms with Gasteiger partial charge in [0.2, 0.25) is 0 Å². The molecule has 0 aliphatic rings. The molecule has 2 aromatic carbocycles. The van der Waals surface area contributed by atoms with E-state index in [1.54, 1.807) is 6.20 Å². The number of hydrogen-bond donors (Lipinski definition) is 1. The summed E-state index contributed by atoms with van der Waals surface area (Å²) < 4.78 is 7.87. The Labute approximate surface area is 142 Å². The van der Waals surface area contributed by atoms with Crippen molar-refractivity contribution >= 4 is 0 Å². The monoisotopic (exact) mass is 322 g/mol. The second-order valence-corrected chi connectivity index (χ2v) is 5.81. The van der Waals surface area contributed by atoms with Crippen molar-refractivity contribution in [3.63, 3.8) is 0 Å². The predicted molar refractivity (Wildman–Crippen MR) is 94.1 cm³/mol. The Morgan fingerprint density at radius 3 is 2.42 bits per heavy atom. The average molecular weight is 322 g/mol. The maximum atomic E-state index is 10.3. The van der Waals surface area contributed by atoms with Crippen LogP contribution in [0.25, 0.3) is 0 Å². The Morgan fingerprint density at radius 2 is 1.75 bits per heavy atom. The molecular weight excluding hydrogens is 300 g/mol. The quantitative estimate of drug-likeness (QED) is 0.697. The van der Waals surface area contributed by atoms with Crippen LogP contribution in [0.2, 0.25) is 0 Å². The fourth-order valence-electron chi connectivity index (χ4n) is 2.64. The SMILES string of the molecule is Cc1nccn1CCCC(O)c1ccc(Oc2ccccc2)cc1. The van der Waals surface area contributed by atoms with Gasteiger partial charge in [0.25, 0.3) is 0 Å². The van der Waals surface area contributed by atoms with Gasteiger partial charge in [0.1, 0.15) is 17.3 Å². The van der Waals surface area contributed by atoms with Gasteiger partial charge < -0.3 is 14.4 Å². The molecule has 1 heterocycles. The molecule has 3 rings (SSSR count). The van der Waals surface area contributed by atoms with E-state index in [0.717, 1.165) is 42.3 Å². The normalized spacial score (nSPS) is 12.1. The number of aromatic nitrogens is 2. The molecule has 3 aromatic rings. The molecule has 1 aromatic heterocycles. The number of rotatable bonds is 7. The summed E-state index contributed by atoms with van der Waals surface area (Å²) in [4.78, 5) is 4.20. The van der Waals surface area contributed by atoms with Crippen LogP contribution in [0.5, 0.6) is 11.5 Å². The third-order valence-electron chi connectivity index (χ3n) is 4.04. The first kappa shape index (κ1) is 16.3. The van der Waals surface area contributed by atoms with Gasteiger partial charge in [0.05, 0.1) is 6.10 Å². The highest BCUT2D eigenvalue weighted by molar-refractivity contribution is 5.33. The lowest BCUT2D eigenvalue weighted by Crippen LogP contribution is -2.03. The van der Waals surface area contributed by atoms with Gasteiger partial charge in [-0.05, 0) is 49.6 Å². The first-order chi connectivity index (χ1) is 11.7. The molecule has 0 fully saturated rings. The summed E-state index contributed by atoms with van der Waals surface area (Å²) in [5.74, 6) is 2.58. The van der Waals surface area contributed by atoms with Gasteiger partial charge in [0, 0.05) is 18.9 Å². The van der Waals surface area contributed by atoms with Gasteiger partial charge in [0.15, 0.2) is 0 Å². The fourth-order valence-corrected chi connectivity index (χ4v) is 2.64. The predicted octanol–water partition coefficient (Wildman–Crippen LogP) is 4.50. The van der Waals surface area contributed by atoms with Crippen molar-refractivity contribution in [1.29, 1.82) is 0 Å². The molecule has 0 bridgehead atoms. The van der Waals surface area contributed by atoms with Crippen LogP contribution in [0.3, 0.4) is 0 Å². The molecule has 1 unspecified atom stereocenters. The van der Waals surface area contributed by atoms with E-state index in [-0.39, 0.29) is 0 Å². The number of imidazole rings is 1. The number of benzene rings is 2. The second kappa shape index (κ2) is 7.79. The molecular formula is C20H22N2O2. The van der Waals surface area contributed by atoms with Crippen molar-refractivity contribution < 1.29 is 9.84 Å². The Bertz CT molecular complexity index is 751. The Morgan fingerprint density at radius 1 is 1.04 bits per heavy atom. The van der Waals surface area contributed by atoms with E-state index in [4.69, 9.17) is 4.74 Å². The lowest BCUT2D eigenvalue weighted by atomic mass is 10.0. The standard InChI is InChI=1S/C20H22N2O2/c1-16-21-13-15-22(16)14-5-8-20(23)17-9-11-19(12-10-17)24-18-6-3-2-4-7-18/h2-4,6-7,9-13,15,20,23H,5,8,14H2,1H3. The molecule has 0 aliphatic heterocycles. The molecule has 4 nitrogen and oxygen atoms in total. The third kappa shape index (κ3) is 4.24. The summed E-state index contributed by atoms with van der Waals surface area (Å²) in [6, 6.07) is 17.3. The van der Waals surface area contributed by atoms with Gasteiger partial charge >= 0.3 is 0 Å². The minimum Gasteiger partial charge on any atom is -0.457 e. The van der Waals surface area contributed by atoms with Crippen molar-refractivity contribution in [1.82, 2.24) is 9.55 Å². The Balaban J connectivity index is 1.52. The minimum atomic E-state index is -0.459. The number of aliphatic hydroxyl groups is 1. The molecule has 24 heavy (non-hydrogen) atoms. The van der Waals surface area contributed by atoms with Crippen LogP contribution in [-0.2, 0) is 6.54 Å². The van der Waals surface area contributed by atoms with Crippen LogP contribution in [0.1, 0.15) is 30.3 Å². The van der Waals surface area contributed by atoms with Crippen LogP contribution < -0.4 is 4.74 Å². The van der Waals surface area contributed by atoms with E-state index in [2.05, 4.69) is 9.55 Å². The molecule has 1 N–H and O–H groups in total. The van der Waals surface area contributed by atoms with Crippen LogP contribution in [0.15, 0.2) is 67.0 Å². The highest BCUT2D eigenvalue weighted by Gasteiger charge is 2.08. The van der Waals surface area contributed by atoms with Gasteiger partial charge in [-0.15, -0.1) is 0 Å². The molecule has 0 aliphatic carbocycles. The average Bonchev–Trinajstić information content (AvgIpc) is 3.01. The van der Waals surface area contributed by atoms with Gasteiger partial charge in [-0.3, -0.25) is 0 Å². The zero-order valence-electron chi connectivity index (χ0n) is 13.8. The number of nitrogens with zero attached hydrogens (tertiary/aromatic N) is 2. The summed E-state index contributed by atoms with van der Waals surface area (Å²) in [5, 5.41) is 10.3. The molecule has 0 amide bonds. The van der Waals surface area contributed by atoms with E-state index in [0.29, 0.717) is 0 Å². The number of para-hydroxylation sites is 1. The van der Waals surface area contributed by atoms with Crippen molar-refractivity contribution in [2.75, 3.05) is 0 Å². The van der Waals surface area contributed by atoms with E-state index in [1.807, 2.05) is 67.7 Å². The van der Waals surface area contributed by atoms with Gasteiger partial charge in [-0.1, -0.05) is 30.3 Å². The minimum absolute atomic E-state index is 0.459. The van der Waals surface area contributed by atoms with Gasteiger partial charge in [-0.25, -0.2) is 4.98 Å². The number of ether oxygens (including phenoxy) is 1. The Hall–Kier alpha value is -2.59. The maximum Gasteiger partial charge on any atom is 0.127 e. The van der Waals surface area contributed by atoms with Crippen molar-refractivity contribution in [3.05, 3.63) is 78.4 Å². The van der Waals surface area contributed by atoms with E-state index >= 15 is 0 Å². The van der Waals surface area contributed by atoms with Crippen molar-refractivity contribution in [2.24, 2.45) is 0 Å². The summed E-state index contributed by atoms with van der Waals surface area (Å²) in [7, 11) is 0. The zero-order valence-corrected chi connectivity index (χ0v) is 13.8. The molecule has 0 saturated heterocycles. The van der Waals surface area contributed by atoms with E-state index in [9.17, 15) is 5.11 Å². The Kier molecular flexibility index (Phi) is 5.29. The summed E-state index contributed by atoms with van der Waals surface area (Å²) in [5.41, 5.74) is 0.915. The molecule has 0 saturated carbocycles. The highest BCUT2D eigenvalue weighted by atomic mass is 16.5. The summed E-state index contributed by atoms with van der Waals surface area (Å²) in [6.07, 6.45) is 4.94. The number of aryl methyl sites for hydroxylation is 2. The largest absolute Gasteiger partial charge is 0.457 e. The van der Waals surface area contributed by atoms with Crippen LogP contribution in [0, 0.1) is 6.92 Å². The van der Waals surface area contributed by atoms with E-state index in [1.165, 1.54) is 0 Å². The van der Waals surface area contributed by atoms with Gasteiger partial charge in [-0.2, -0.15) is 0 Å². The third-order valence-corrected chi connectivity index (χ3v) is 4.04. The lowest BCUT2D eigenvalue weighted by molar-refractivity contribution is 0.162. The first-order valence-corrected chi connectivity index (χ1v) is 8.21. The van der Waals surface area contributed by atoms with Crippen LogP contribution in [0.4, 0.5) is 0 Å². The fraction of sp³-hybridized carbons (Fsp3) is 0.250. The summed E-state index contributed by atoms with van der Waals surface area (Å²) in [6.45, 7) is 2.86. The molecule has 4 heteroatoms. The number of aliphatic hydroxyl groups excluding tert-OH is 1. The van der Waals surface area contributed by atoms with Crippen LogP contribution >= 0.6 is 0 Å². The van der Waals surface area contributed by atoms with Crippen molar-refractivity contribution in [3.8, 4) is 11.5 Å². The molecule has 1 atom stereocenters. The summed E-state index contributed by atoms with van der Waals surface area (Å²) >= 11 is 0. The molecule has 0 spiro atoms.